The van der Waals surface area contributed by atoms with Crippen LogP contribution in [0.3, 0.4) is 0 Å². The Labute approximate surface area is 158 Å². The summed E-state index contributed by atoms with van der Waals surface area (Å²) in [7, 11) is 0. The topological polar surface area (TPSA) is 95.5 Å². The molecular formula is C21H24N2O4. The first-order valence-corrected chi connectivity index (χ1v) is 8.80. The maximum Gasteiger partial charge on any atom is 0.330 e. The van der Waals surface area contributed by atoms with Gasteiger partial charge in [0, 0.05) is 18.5 Å². The van der Waals surface area contributed by atoms with E-state index >= 15 is 0 Å². The van der Waals surface area contributed by atoms with Gasteiger partial charge in [-0.2, -0.15) is 0 Å². The van der Waals surface area contributed by atoms with Gasteiger partial charge in [-0.1, -0.05) is 47.5 Å². The van der Waals surface area contributed by atoms with Gasteiger partial charge in [0.25, 0.3) is 5.91 Å². The van der Waals surface area contributed by atoms with Crippen LogP contribution in [0.2, 0.25) is 0 Å². The quantitative estimate of drug-likeness (QED) is 0.624. The van der Waals surface area contributed by atoms with E-state index in [0.717, 1.165) is 11.1 Å². The molecule has 6 heteroatoms. The molecule has 0 heterocycles. The molecule has 0 aromatic heterocycles. The van der Waals surface area contributed by atoms with E-state index in [-0.39, 0.29) is 18.2 Å². The molecule has 2 aromatic rings. The average Bonchev–Trinajstić information content (AvgIpc) is 2.62. The lowest BCUT2D eigenvalue weighted by atomic mass is 10.0. The van der Waals surface area contributed by atoms with Gasteiger partial charge < -0.3 is 15.7 Å². The molecule has 1 unspecified atom stereocenters. The van der Waals surface area contributed by atoms with Gasteiger partial charge in [0.15, 0.2) is 6.04 Å². The summed E-state index contributed by atoms with van der Waals surface area (Å²) in [6.45, 7) is 4.10. The summed E-state index contributed by atoms with van der Waals surface area (Å²) in [5.41, 5.74) is 2.98. The molecule has 142 valence electrons. The predicted octanol–water partition coefficient (Wildman–Crippen LogP) is 2.76. The number of carboxylic acid groups (broad SMARTS) is 1. The first kappa shape index (κ1) is 20.2. The molecule has 0 spiro atoms. The molecular weight excluding hydrogens is 344 g/mol. The number of carbonyl (C=O) groups is 3. The van der Waals surface area contributed by atoms with Gasteiger partial charge in [0.2, 0.25) is 5.91 Å². The lowest BCUT2D eigenvalue weighted by molar-refractivity contribution is -0.142. The number of hydrogen-bond acceptors (Lipinski definition) is 3. The van der Waals surface area contributed by atoms with Crippen molar-refractivity contribution in [1.29, 1.82) is 0 Å². The second-order valence-corrected chi connectivity index (χ2v) is 6.49. The fourth-order valence-electron chi connectivity index (χ4n) is 2.84. The summed E-state index contributed by atoms with van der Waals surface area (Å²) in [6.07, 6.45) is 0.549. The van der Waals surface area contributed by atoms with Crippen molar-refractivity contribution >= 4 is 17.8 Å². The fraction of sp³-hybridized carbons (Fsp3) is 0.286. The monoisotopic (exact) mass is 368 g/mol. The summed E-state index contributed by atoms with van der Waals surface area (Å²) in [4.78, 5) is 35.6. The number of carbonyl (C=O) groups excluding carboxylic acids is 2. The number of benzene rings is 2. The summed E-state index contributed by atoms with van der Waals surface area (Å²) in [5.74, 6) is -1.67. The number of aryl methyl sites for hydroxylation is 2. The van der Waals surface area contributed by atoms with E-state index in [4.69, 9.17) is 0 Å². The normalized spacial score (nSPS) is 11.5. The van der Waals surface area contributed by atoms with Gasteiger partial charge in [-0.25, -0.2) is 4.79 Å². The molecule has 6 nitrogen and oxygen atoms in total. The molecule has 2 aromatic carbocycles. The van der Waals surface area contributed by atoms with Gasteiger partial charge in [0.1, 0.15) is 0 Å². The molecule has 0 radical (unpaired) electrons. The van der Waals surface area contributed by atoms with E-state index in [1.165, 1.54) is 0 Å². The summed E-state index contributed by atoms with van der Waals surface area (Å²) >= 11 is 0. The van der Waals surface area contributed by atoms with E-state index in [1.807, 2.05) is 26.0 Å². The number of aliphatic carboxylic acids is 1. The Hall–Kier alpha value is -3.15. The summed E-state index contributed by atoms with van der Waals surface area (Å²) in [5, 5.41) is 14.8. The lowest BCUT2D eigenvalue weighted by Crippen LogP contribution is -2.34. The van der Waals surface area contributed by atoms with Crippen molar-refractivity contribution in [2.75, 3.05) is 6.54 Å². The second-order valence-electron chi connectivity index (χ2n) is 6.49. The van der Waals surface area contributed by atoms with E-state index in [2.05, 4.69) is 10.6 Å². The van der Waals surface area contributed by atoms with Crippen LogP contribution in [0.4, 0.5) is 0 Å². The van der Waals surface area contributed by atoms with Gasteiger partial charge in [0.05, 0.1) is 0 Å². The molecule has 1 atom stereocenters. The Morgan fingerprint density at radius 2 is 1.63 bits per heavy atom. The molecule has 2 amide bonds. The van der Waals surface area contributed by atoms with E-state index in [1.54, 1.807) is 36.4 Å². The molecule has 0 bridgehead atoms. The number of nitrogens with one attached hydrogen (secondary N) is 2. The minimum Gasteiger partial charge on any atom is -0.479 e. The van der Waals surface area contributed by atoms with E-state index < -0.39 is 12.0 Å². The Morgan fingerprint density at radius 3 is 2.22 bits per heavy atom. The van der Waals surface area contributed by atoms with Gasteiger partial charge in [-0.05, 0) is 38.0 Å². The zero-order chi connectivity index (χ0) is 19.8. The largest absolute Gasteiger partial charge is 0.479 e. The van der Waals surface area contributed by atoms with Gasteiger partial charge in [-0.3, -0.25) is 9.59 Å². The summed E-state index contributed by atoms with van der Waals surface area (Å²) in [6, 6.07) is 13.2. The third kappa shape index (κ3) is 6.26. The van der Waals surface area contributed by atoms with Crippen molar-refractivity contribution in [3.63, 3.8) is 0 Å². The number of hydrogen-bond donors (Lipinski definition) is 3. The van der Waals surface area contributed by atoms with Crippen molar-refractivity contribution in [1.82, 2.24) is 10.6 Å². The van der Waals surface area contributed by atoms with Crippen LogP contribution in [0.1, 0.15) is 45.9 Å². The number of carboxylic acids is 1. The number of rotatable bonds is 8. The summed E-state index contributed by atoms with van der Waals surface area (Å²) < 4.78 is 0. The van der Waals surface area contributed by atoms with Crippen LogP contribution in [0.5, 0.6) is 0 Å². The third-order valence-corrected chi connectivity index (χ3v) is 4.03. The molecule has 0 aliphatic rings. The minimum absolute atomic E-state index is 0.129. The molecule has 0 saturated carbocycles. The Kier molecular flexibility index (Phi) is 7.11. The predicted molar refractivity (Wildman–Crippen MR) is 102 cm³/mol. The Balaban J connectivity index is 1.84. The van der Waals surface area contributed by atoms with Crippen molar-refractivity contribution in [3.05, 3.63) is 70.8 Å². The van der Waals surface area contributed by atoms with E-state index in [9.17, 15) is 19.5 Å². The fourth-order valence-corrected chi connectivity index (χ4v) is 2.84. The van der Waals surface area contributed by atoms with Crippen LogP contribution in [0.25, 0.3) is 0 Å². The van der Waals surface area contributed by atoms with Crippen molar-refractivity contribution in [3.8, 4) is 0 Å². The first-order chi connectivity index (χ1) is 12.9. The highest BCUT2D eigenvalue weighted by atomic mass is 16.4. The maximum atomic E-state index is 12.1. The van der Waals surface area contributed by atoms with Gasteiger partial charge >= 0.3 is 5.97 Å². The van der Waals surface area contributed by atoms with Crippen LogP contribution < -0.4 is 10.6 Å². The van der Waals surface area contributed by atoms with Gasteiger partial charge in [-0.15, -0.1) is 0 Å². The maximum absolute atomic E-state index is 12.1. The lowest BCUT2D eigenvalue weighted by Gasteiger charge is -2.16. The highest BCUT2D eigenvalue weighted by Crippen LogP contribution is 2.17. The number of amides is 2. The average molecular weight is 368 g/mol. The molecule has 2 rings (SSSR count). The standard InChI is InChI=1S/C21H24N2O4/c1-14-11-15(2)13-17(12-14)19(21(26)27)23-18(24)9-6-10-22-20(25)16-7-4-3-5-8-16/h3-5,7-8,11-13,19H,6,9-10H2,1-2H3,(H,22,25)(H,23,24)(H,26,27). The molecule has 0 aliphatic carbocycles. The third-order valence-electron chi connectivity index (χ3n) is 4.03. The zero-order valence-corrected chi connectivity index (χ0v) is 15.5. The molecule has 27 heavy (non-hydrogen) atoms. The molecule has 3 N–H and O–H groups in total. The van der Waals surface area contributed by atoms with Crippen LogP contribution in [-0.4, -0.2) is 29.4 Å². The smallest absolute Gasteiger partial charge is 0.330 e. The van der Waals surface area contributed by atoms with Crippen molar-refractivity contribution < 1.29 is 19.5 Å². The van der Waals surface area contributed by atoms with Crippen LogP contribution in [-0.2, 0) is 9.59 Å². The highest BCUT2D eigenvalue weighted by molar-refractivity contribution is 5.94. The minimum atomic E-state index is -1.11. The zero-order valence-electron chi connectivity index (χ0n) is 15.5. The van der Waals surface area contributed by atoms with Crippen molar-refractivity contribution in [2.24, 2.45) is 0 Å². The van der Waals surface area contributed by atoms with Crippen LogP contribution in [0.15, 0.2) is 48.5 Å². The Morgan fingerprint density at radius 1 is 1.00 bits per heavy atom. The molecule has 0 saturated heterocycles. The van der Waals surface area contributed by atoms with Crippen molar-refractivity contribution in [2.45, 2.75) is 32.7 Å². The van der Waals surface area contributed by atoms with Crippen LogP contribution in [0, 0.1) is 13.8 Å². The van der Waals surface area contributed by atoms with E-state index in [0.29, 0.717) is 24.1 Å². The SMILES string of the molecule is Cc1cc(C)cc(C(NC(=O)CCCNC(=O)c2ccccc2)C(=O)O)c1. The highest BCUT2D eigenvalue weighted by Gasteiger charge is 2.22. The first-order valence-electron chi connectivity index (χ1n) is 8.80. The van der Waals surface area contributed by atoms with Crippen LogP contribution >= 0.6 is 0 Å². The second kappa shape index (κ2) is 9.52. The molecule has 0 fully saturated rings. The molecule has 0 aliphatic heterocycles. The Bertz CT molecular complexity index is 798.